The van der Waals surface area contributed by atoms with Crippen molar-refractivity contribution in [2.45, 2.75) is 62.6 Å². The van der Waals surface area contributed by atoms with Gasteiger partial charge in [-0.3, -0.25) is 14.2 Å². The molecule has 180 valence electrons. The molecule has 2 aromatic rings. The highest BCUT2D eigenvalue weighted by molar-refractivity contribution is 6.30. The highest BCUT2D eigenvalue weighted by atomic mass is 35.5. The van der Waals surface area contributed by atoms with Gasteiger partial charge in [0.15, 0.2) is 0 Å². The van der Waals surface area contributed by atoms with E-state index in [1.165, 1.54) is 5.56 Å². The molecule has 0 atom stereocenters. The number of fused-ring (bicyclic) bond motifs is 1. The maximum absolute atomic E-state index is 13.2. The Balaban J connectivity index is 0.00000153. The van der Waals surface area contributed by atoms with Crippen LogP contribution in [0.25, 0.3) is 0 Å². The van der Waals surface area contributed by atoms with Gasteiger partial charge in [0.05, 0.1) is 0 Å². The summed E-state index contributed by atoms with van der Waals surface area (Å²) in [6.45, 7) is 1.65. The van der Waals surface area contributed by atoms with E-state index in [2.05, 4.69) is 21.6 Å². The lowest BCUT2D eigenvalue weighted by molar-refractivity contribution is 0.0521. The molecule has 0 unspecified atom stereocenters. The largest absolute Gasteiger partial charge is 0.347 e. The number of nitrogens with one attached hydrogen (secondary N) is 1. The number of nitrogens with zero attached hydrogens (tertiary/aromatic N) is 4. The summed E-state index contributed by atoms with van der Waals surface area (Å²) in [6.07, 6.45) is 5.55. The van der Waals surface area contributed by atoms with Crippen LogP contribution in [-0.4, -0.2) is 56.7 Å². The number of rotatable bonds is 5. The van der Waals surface area contributed by atoms with Crippen molar-refractivity contribution in [3.63, 3.8) is 0 Å². The second-order valence-corrected chi connectivity index (χ2v) is 9.41. The van der Waals surface area contributed by atoms with Crippen LogP contribution >= 0.6 is 36.4 Å². The maximum Gasteiger partial charge on any atom is 0.292 e. The van der Waals surface area contributed by atoms with E-state index in [4.69, 9.17) is 17.3 Å². The molecule has 1 aromatic carbocycles. The summed E-state index contributed by atoms with van der Waals surface area (Å²) in [6, 6.07) is 8.34. The Morgan fingerprint density at radius 2 is 1.88 bits per heavy atom. The number of nitrogens with two attached hydrogens (primary N) is 1. The lowest BCUT2D eigenvalue weighted by atomic mass is 9.68. The van der Waals surface area contributed by atoms with Crippen LogP contribution in [0, 0.1) is 0 Å². The first-order valence-corrected chi connectivity index (χ1v) is 11.4. The van der Waals surface area contributed by atoms with Crippen molar-refractivity contribution in [2.75, 3.05) is 13.1 Å². The minimum atomic E-state index is -0.241. The predicted octanol–water partition coefficient (Wildman–Crippen LogP) is 2.96. The van der Waals surface area contributed by atoms with Gasteiger partial charge < -0.3 is 16.0 Å². The molecule has 2 fully saturated rings. The summed E-state index contributed by atoms with van der Waals surface area (Å²) in [7, 11) is 0. The number of carbonyl (C=O) groups excluding carboxylic acids is 2. The summed E-state index contributed by atoms with van der Waals surface area (Å²) in [5, 5.41) is 11.7. The van der Waals surface area contributed by atoms with Gasteiger partial charge in [-0.25, -0.2) is 0 Å². The fraction of sp³-hybridized carbons (Fsp3) is 0.545. The van der Waals surface area contributed by atoms with Crippen LogP contribution in [0.3, 0.4) is 0 Å². The molecule has 33 heavy (non-hydrogen) atoms. The van der Waals surface area contributed by atoms with Crippen LogP contribution in [0.1, 0.15) is 65.3 Å². The van der Waals surface area contributed by atoms with E-state index in [0.29, 0.717) is 19.6 Å². The molecule has 3 aliphatic rings. The van der Waals surface area contributed by atoms with Gasteiger partial charge in [-0.2, -0.15) is 0 Å². The van der Waals surface area contributed by atoms with Crippen molar-refractivity contribution in [1.29, 1.82) is 0 Å². The van der Waals surface area contributed by atoms with E-state index in [9.17, 15) is 9.59 Å². The van der Waals surface area contributed by atoms with E-state index in [1.807, 2.05) is 23.1 Å². The van der Waals surface area contributed by atoms with Crippen LogP contribution < -0.4 is 11.1 Å². The van der Waals surface area contributed by atoms with Gasteiger partial charge in [0.1, 0.15) is 0 Å². The number of aromatic nitrogens is 3. The first-order chi connectivity index (χ1) is 15.0. The Hall–Kier alpha value is -1.87. The smallest absolute Gasteiger partial charge is 0.292 e. The van der Waals surface area contributed by atoms with Crippen LogP contribution in [0.2, 0.25) is 5.02 Å². The van der Waals surface area contributed by atoms with Gasteiger partial charge in [0, 0.05) is 42.2 Å². The van der Waals surface area contributed by atoms with Gasteiger partial charge in [0.25, 0.3) is 11.8 Å². The molecule has 1 aliphatic heterocycles. The fourth-order valence-electron chi connectivity index (χ4n) is 5.00. The van der Waals surface area contributed by atoms with Crippen LogP contribution in [0.4, 0.5) is 0 Å². The van der Waals surface area contributed by atoms with Crippen LogP contribution in [0.5, 0.6) is 0 Å². The summed E-state index contributed by atoms with van der Waals surface area (Å²) in [5.41, 5.74) is 7.30. The second-order valence-electron chi connectivity index (χ2n) is 8.97. The molecule has 0 saturated heterocycles. The third kappa shape index (κ3) is 4.85. The Morgan fingerprint density at radius 3 is 2.52 bits per heavy atom. The molecule has 2 heterocycles. The first kappa shape index (κ1) is 25.7. The zero-order valence-electron chi connectivity index (χ0n) is 18.2. The van der Waals surface area contributed by atoms with Crippen LogP contribution in [0.15, 0.2) is 24.3 Å². The second kappa shape index (κ2) is 10.2. The van der Waals surface area contributed by atoms with Crippen molar-refractivity contribution in [2.24, 2.45) is 5.73 Å². The quantitative estimate of drug-likeness (QED) is 0.637. The van der Waals surface area contributed by atoms with Crippen molar-refractivity contribution in [1.82, 2.24) is 25.0 Å². The zero-order valence-corrected chi connectivity index (χ0v) is 20.6. The van der Waals surface area contributed by atoms with E-state index in [1.54, 1.807) is 4.57 Å². The highest BCUT2D eigenvalue weighted by Crippen LogP contribution is 2.41. The zero-order chi connectivity index (χ0) is 21.6. The van der Waals surface area contributed by atoms with E-state index >= 15 is 0 Å². The van der Waals surface area contributed by atoms with Crippen LogP contribution in [-0.2, 0) is 12.0 Å². The van der Waals surface area contributed by atoms with Gasteiger partial charge >= 0.3 is 0 Å². The minimum absolute atomic E-state index is 0. The summed E-state index contributed by atoms with van der Waals surface area (Å²) < 4.78 is 1.66. The number of carbonyl (C=O) groups is 2. The minimum Gasteiger partial charge on any atom is -0.347 e. The molecule has 8 nitrogen and oxygen atoms in total. The van der Waals surface area contributed by atoms with Crippen molar-refractivity contribution < 1.29 is 9.59 Å². The molecule has 0 bridgehead atoms. The number of amides is 2. The average Bonchev–Trinajstić information content (AvgIpc) is 3.48. The standard InChI is InChI=1S/C22H27ClN6O2.2ClH/c23-15-3-1-2-14(12-15)22(13-24)8-6-17(7-9-22)28-10-11-29-18(20(30)25-16-4-5-16)26-27-19(29)21(28)31;;/h1-3,12,16-17H,4-11,13,24H2,(H,25,30);2*1H/t17-,22+;;. The molecule has 5 rings (SSSR count). The Labute approximate surface area is 210 Å². The summed E-state index contributed by atoms with van der Waals surface area (Å²) in [5.74, 6) is 0.117. The molecule has 1 aromatic heterocycles. The molecule has 2 saturated carbocycles. The Kier molecular flexibility index (Phi) is 7.94. The molecule has 3 N–H and O–H groups in total. The number of benzene rings is 1. The maximum atomic E-state index is 13.2. The van der Waals surface area contributed by atoms with Gasteiger partial charge in [-0.15, -0.1) is 35.0 Å². The summed E-state index contributed by atoms with van der Waals surface area (Å²) >= 11 is 6.22. The third-order valence-electron chi connectivity index (χ3n) is 7.06. The first-order valence-electron chi connectivity index (χ1n) is 11.0. The molecular formula is C22H29Cl3N6O2. The van der Waals surface area contributed by atoms with Gasteiger partial charge in [0.2, 0.25) is 11.6 Å². The number of hydrogen-bond acceptors (Lipinski definition) is 5. The molecule has 2 aliphatic carbocycles. The van der Waals surface area contributed by atoms with E-state index in [-0.39, 0.29) is 65.8 Å². The van der Waals surface area contributed by atoms with E-state index in [0.717, 1.165) is 43.5 Å². The number of hydrogen-bond donors (Lipinski definition) is 2. The fourth-order valence-corrected chi connectivity index (χ4v) is 5.19. The lowest BCUT2D eigenvalue weighted by Gasteiger charge is -2.44. The lowest BCUT2D eigenvalue weighted by Crippen LogP contribution is -2.51. The monoisotopic (exact) mass is 514 g/mol. The SMILES string of the molecule is Cl.Cl.NC[C@]1(c2cccc(Cl)c2)CC[C@@H](N2CCn3c(C(=O)NC4CC4)nnc3C2=O)CC1. The topological polar surface area (TPSA) is 106 Å². The Bertz CT molecular complexity index is 1020. The van der Waals surface area contributed by atoms with Crippen molar-refractivity contribution >= 4 is 48.2 Å². The normalized spacial score (nSPS) is 24.4. The average molecular weight is 516 g/mol. The van der Waals surface area contributed by atoms with Crippen molar-refractivity contribution in [3.05, 3.63) is 46.5 Å². The van der Waals surface area contributed by atoms with E-state index < -0.39 is 0 Å². The molecule has 0 spiro atoms. The third-order valence-corrected chi connectivity index (χ3v) is 7.30. The molecule has 0 radical (unpaired) electrons. The van der Waals surface area contributed by atoms with Gasteiger partial charge in [-0.1, -0.05) is 23.7 Å². The van der Waals surface area contributed by atoms with Gasteiger partial charge in [-0.05, 0) is 56.2 Å². The Morgan fingerprint density at radius 1 is 1.15 bits per heavy atom. The molecule has 2 amide bonds. The number of halogens is 3. The molecule has 11 heteroatoms. The highest BCUT2D eigenvalue weighted by Gasteiger charge is 2.41. The summed E-state index contributed by atoms with van der Waals surface area (Å²) in [4.78, 5) is 27.5. The molecular weight excluding hydrogens is 487 g/mol. The van der Waals surface area contributed by atoms with Crippen molar-refractivity contribution in [3.8, 4) is 0 Å². The predicted molar refractivity (Wildman–Crippen MR) is 130 cm³/mol.